The summed E-state index contributed by atoms with van der Waals surface area (Å²) in [5, 5.41) is 22.3. The molecule has 2 aromatic rings. The highest BCUT2D eigenvalue weighted by Crippen LogP contribution is 2.39. The molecule has 1 aromatic heterocycles. The van der Waals surface area contributed by atoms with Crippen molar-refractivity contribution in [3.63, 3.8) is 0 Å². The molecule has 1 N–H and O–H groups in total. The van der Waals surface area contributed by atoms with Crippen LogP contribution in [0.2, 0.25) is 10.0 Å². The number of aliphatic carboxylic acids is 1. The van der Waals surface area contributed by atoms with E-state index in [1.54, 1.807) is 14.0 Å². The first-order valence-electron chi connectivity index (χ1n) is 6.74. The maximum atomic E-state index is 10.9. The molecule has 0 unspecified atom stereocenters. The molecule has 126 valence electrons. The highest BCUT2D eigenvalue weighted by molar-refractivity contribution is 6.36. The van der Waals surface area contributed by atoms with E-state index in [2.05, 4.69) is 5.10 Å². The lowest BCUT2D eigenvalue weighted by Gasteiger charge is -2.15. The number of benzene rings is 1. The molecule has 2 rings (SSSR count). The number of ether oxygens (including phenoxy) is 2. The Hall–Kier alpha value is -2.43. The monoisotopic (exact) mass is 369 g/mol. The summed E-state index contributed by atoms with van der Waals surface area (Å²) in [4.78, 5) is 10.9. The predicted octanol–water partition coefficient (Wildman–Crippen LogP) is 3.55. The average molecular weight is 370 g/mol. The zero-order valence-corrected chi connectivity index (χ0v) is 14.5. The van der Waals surface area contributed by atoms with Crippen LogP contribution >= 0.6 is 23.2 Å². The third kappa shape index (κ3) is 3.55. The van der Waals surface area contributed by atoms with Crippen LogP contribution in [0, 0.1) is 18.3 Å². The van der Waals surface area contributed by atoms with Gasteiger partial charge in [0.15, 0.2) is 17.5 Å². The van der Waals surface area contributed by atoms with Gasteiger partial charge in [-0.15, -0.1) is 0 Å². The van der Waals surface area contributed by atoms with Crippen molar-refractivity contribution in [2.75, 3.05) is 0 Å². The smallest absolute Gasteiger partial charge is 0.344 e. The molecule has 0 saturated heterocycles. The summed E-state index contributed by atoms with van der Waals surface area (Å²) in [6.45, 7) is 3.06. The first-order valence-corrected chi connectivity index (χ1v) is 7.50. The van der Waals surface area contributed by atoms with Crippen LogP contribution in [0.4, 0.5) is 0 Å². The Labute approximate surface area is 147 Å². The van der Waals surface area contributed by atoms with E-state index in [1.165, 1.54) is 23.7 Å². The maximum absolute atomic E-state index is 10.9. The van der Waals surface area contributed by atoms with Gasteiger partial charge in [-0.3, -0.25) is 0 Å². The lowest BCUT2D eigenvalue weighted by atomic mass is 10.3. The van der Waals surface area contributed by atoms with Gasteiger partial charge >= 0.3 is 5.97 Å². The summed E-state index contributed by atoms with van der Waals surface area (Å²) in [6, 6.07) is 4.74. The summed E-state index contributed by atoms with van der Waals surface area (Å²) in [5.41, 5.74) is 0.779. The van der Waals surface area contributed by atoms with E-state index in [1.807, 2.05) is 6.07 Å². The lowest BCUT2D eigenvalue weighted by Crippen LogP contribution is -2.23. The Balaban J connectivity index is 2.39. The second kappa shape index (κ2) is 6.99. The van der Waals surface area contributed by atoms with Gasteiger partial charge in [0.2, 0.25) is 5.88 Å². The molecule has 24 heavy (non-hydrogen) atoms. The highest BCUT2D eigenvalue weighted by atomic mass is 35.5. The van der Waals surface area contributed by atoms with E-state index >= 15 is 0 Å². The van der Waals surface area contributed by atoms with Crippen molar-refractivity contribution in [1.29, 1.82) is 5.26 Å². The molecule has 0 aliphatic rings. The zero-order valence-electron chi connectivity index (χ0n) is 13.0. The minimum absolute atomic E-state index is 0.117. The number of carboxylic acids is 1. The molecule has 0 amide bonds. The first-order chi connectivity index (χ1) is 11.2. The number of hydrogen-bond donors (Lipinski definition) is 1. The van der Waals surface area contributed by atoms with Crippen molar-refractivity contribution in [2.24, 2.45) is 7.05 Å². The molecule has 0 fully saturated rings. The average Bonchev–Trinajstić information content (AvgIpc) is 2.78. The van der Waals surface area contributed by atoms with Crippen LogP contribution < -0.4 is 9.47 Å². The van der Waals surface area contributed by atoms with Crippen molar-refractivity contribution in [2.45, 2.75) is 20.0 Å². The molecule has 0 radical (unpaired) electrons. The first kappa shape index (κ1) is 17.9. The molecule has 0 bridgehead atoms. The van der Waals surface area contributed by atoms with Crippen molar-refractivity contribution in [3.8, 4) is 23.4 Å². The minimum atomic E-state index is -1.13. The summed E-state index contributed by atoms with van der Waals surface area (Å²) < 4.78 is 12.4. The summed E-state index contributed by atoms with van der Waals surface area (Å²) >= 11 is 12.1. The number of aryl methyl sites for hydroxylation is 1. The van der Waals surface area contributed by atoms with Gasteiger partial charge in [0.1, 0.15) is 11.8 Å². The number of carbonyl (C=O) groups is 1. The Morgan fingerprint density at radius 2 is 2.00 bits per heavy atom. The van der Waals surface area contributed by atoms with Crippen LogP contribution in [-0.4, -0.2) is 27.0 Å². The van der Waals surface area contributed by atoms with Crippen LogP contribution in [0.5, 0.6) is 17.4 Å². The van der Waals surface area contributed by atoms with E-state index in [0.717, 1.165) is 0 Å². The van der Waals surface area contributed by atoms with Gasteiger partial charge in [0, 0.05) is 18.7 Å². The quantitative estimate of drug-likeness (QED) is 0.865. The fourth-order valence-corrected chi connectivity index (χ4v) is 2.35. The summed E-state index contributed by atoms with van der Waals surface area (Å²) in [6.07, 6.45) is -1.10. The molecular formula is C15H13Cl2N3O4. The van der Waals surface area contributed by atoms with E-state index in [0.29, 0.717) is 11.4 Å². The number of aromatic nitrogens is 2. The van der Waals surface area contributed by atoms with Crippen molar-refractivity contribution in [1.82, 2.24) is 9.78 Å². The number of rotatable bonds is 5. The van der Waals surface area contributed by atoms with Crippen molar-refractivity contribution < 1.29 is 19.4 Å². The number of nitrogens with zero attached hydrogens (tertiary/aromatic N) is 3. The molecular weight excluding hydrogens is 357 g/mol. The van der Waals surface area contributed by atoms with E-state index in [9.17, 15) is 4.79 Å². The molecule has 0 aliphatic carbocycles. The number of carboxylic acid groups (broad SMARTS) is 1. The fourth-order valence-electron chi connectivity index (χ4n) is 1.89. The maximum Gasteiger partial charge on any atom is 0.344 e. The minimum Gasteiger partial charge on any atom is -0.479 e. The summed E-state index contributed by atoms with van der Waals surface area (Å²) in [7, 11) is 1.62. The van der Waals surface area contributed by atoms with Crippen LogP contribution in [-0.2, 0) is 11.8 Å². The van der Waals surface area contributed by atoms with Gasteiger partial charge < -0.3 is 14.6 Å². The number of halogens is 2. The Bertz CT molecular complexity index is 842. The summed E-state index contributed by atoms with van der Waals surface area (Å²) in [5.74, 6) is -0.492. The molecule has 0 saturated carbocycles. The van der Waals surface area contributed by atoms with Crippen molar-refractivity contribution in [3.05, 3.63) is 33.4 Å². The van der Waals surface area contributed by atoms with Crippen LogP contribution in [0.1, 0.15) is 18.2 Å². The van der Waals surface area contributed by atoms with Gasteiger partial charge in [-0.2, -0.15) is 10.4 Å². The SMILES string of the molecule is Cc1c(C#N)nn(C)c1Oc1cc(O[C@@H](C)C(=O)O)c(Cl)cc1Cl. The standard InChI is InChI=1S/C15H13Cl2N3O4/c1-7-11(6-18)19-20(3)14(7)24-13-5-12(9(16)4-10(13)17)23-8(2)15(21)22/h4-5,8H,1-3H3,(H,21,22)/t8-/m0/s1. The highest BCUT2D eigenvalue weighted by Gasteiger charge is 2.19. The normalized spacial score (nSPS) is 11.7. The number of hydrogen-bond acceptors (Lipinski definition) is 5. The van der Waals surface area contributed by atoms with E-state index in [4.69, 9.17) is 43.0 Å². The molecule has 0 aliphatic heterocycles. The molecule has 1 atom stereocenters. The third-order valence-electron chi connectivity index (χ3n) is 3.17. The Kier molecular flexibility index (Phi) is 5.22. The van der Waals surface area contributed by atoms with Gasteiger partial charge in [-0.25, -0.2) is 9.48 Å². The van der Waals surface area contributed by atoms with Crippen LogP contribution in [0.25, 0.3) is 0 Å². The van der Waals surface area contributed by atoms with Gasteiger partial charge in [-0.1, -0.05) is 23.2 Å². The predicted molar refractivity (Wildman–Crippen MR) is 86.9 cm³/mol. The Morgan fingerprint density at radius 1 is 1.38 bits per heavy atom. The van der Waals surface area contributed by atoms with Crippen molar-refractivity contribution >= 4 is 29.2 Å². The second-order valence-electron chi connectivity index (χ2n) is 4.93. The molecule has 9 heteroatoms. The zero-order chi connectivity index (χ0) is 18.0. The molecule has 1 aromatic carbocycles. The largest absolute Gasteiger partial charge is 0.479 e. The van der Waals surface area contributed by atoms with Gasteiger partial charge in [0.25, 0.3) is 0 Å². The molecule has 7 nitrogen and oxygen atoms in total. The molecule has 0 spiro atoms. The number of nitriles is 1. The lowest BCUT2D eigenvalue weighted by molar-refractivity contribution is -0.144. The Morgan fingerprint density at radius 3 is 2.54 bits per heavy atom. The second-order valence-corrected chi connectivity index (χ2v) is 5.74. The fraction of sp³-hybridized carbons (Fsp3) is 0.267. The van der Waals surface area contributed by atoms with Crippen LogP contribution in [0.3, 0.4) is 0 Å². The van der Waals surface area contributed by atoms with Gasteiger partial charge in [0.05, 0.1) is 10.0 Å². The molecule has 1 heterocycles. The topological polar surface area (TPSA) is 97.4 Å². The van der Waals surface area contributed by atoms with Crippen LogP contribution in [0.15, 0.2) is 12.1 Å². The van der Waals surface area contributed by atoms with Gasteiger partial charge in [-0.05, 0) is 19.9 Å². The van der Waals surface area contributed by atoms with E-state index in [-0.39, 0.29) is 27.2 Å². The third-order valence-corrected chi connectivity index (χ3v) is 3.76. The van der Waals surface area contributed by atoms with E-state index < -0.39 is 12.1 Å².